The Morgan fingerprint density at radius 3 is 2.24 bits per heavy atom. The molecule has 0 bridgehead atoms. The number of urea groups is 1. The number of amides is 3. The SMILES string of the molecule is CC(C)Oc1ccc(C(=O)NNC(N)=O)cc1. The van der Waals surface area contributed by atoms with Crippen LogP contribution in [0.1, 0.15) is 24.2 Å². The molecule has 92 valence electrons. The monoisotopic (exact) mass is 237 g/mol. The van der Waals surface area contributed by atoms with Crippen LogP contribution in [0.2, 0.25) is 0 Å². The lowest BCUT2D eigenvalue weighted by Crippen LogP contribution is -2.44. The fourth-order valence-corrected chi connectivity index (χ4v) is 1.15. The minimum absolute atomic E-state index is 0.0752. The van der Waals surface area contributed by atoms with Crippen LogP contribution in [0.25, 0.3) is 0 Å². The summed E-state index contributed by atoms with van der Waals surface area (Å²) in [5, 5.41) is 0. The zero-order valence-electron chi connectivity index (χ0n) is 9.69. The average Bonchev–Trinajstić information content (AvgIpc) is 2.26. The number of nitrogens with one attached hydrogen (secondary N) is 2. The molecule has 0 aliphatic heterocycles. The van der Waals surface area contributed by atoms with E-state index < -0.39 is 11.9 Å². The van der Waals surface area contributed by atoms with Crippen molar-refractivity contribution in [3.63, 3.8) is 0 Å². The Hall–Kier alpha value is -2.24. The third-order valence-corrected chi connectivity index (χ3v) is 1.79. The number of benzene rings is 1. The minimum Gasteiger partial charge on any atom is -0.491 e. The van der Waals surface area contributed by atoms with Crippen LogP contribution >= 0.6 is 0 Å². The molecule has 0 aliphatic rings. The summed E-state index contributed by atoms with van der Waals surface area (Å²) in [7, 11) is 0. The molecule has 1 aromatic rings. The molecule has 0 saturated carbocycles. The lowest BCUT2D eigenvalue weighted by Gasteiger charge is -2.10. The molecule has 6 heteroatoms. The molecule has 0 unspecified atom stereocenters. The van der Waals surface area contributed by atoms with Crippen LogP contribution < -0.4 is 21.3 Å². The Kier molecular flexibility index (Phi) is 4.33. The number of ether oxygens (including phenoxy) is 1. The van der Waals surface area contributed by atoms with Crippen molar-refractivity contribution in [1.29, 1.82) is 0 Å². The number of rotatable bonds is 3. The van der Waals surface area contributed by atoms with Gasteiger partial charge in [-0.15, -0.1) is 0 Å². The summed E-state index contributed by atoms with van der Waals surface area (Å²) in [6, 6.07) is 5.72. The number of hydrogen-bond acceptors (Lipinski definition) is 3. The number of carbonyl (C=O) groups is 2. The van der Waals surface area contributed by atoms with Gasteiger partial charge in [0.15, 0.2) is 0 Å². The molecule has 17 heavy (non-hydrogen) atoms. The molecule has 0 aromatic heterocycles. The van der Waals surface area contributed by atoms with Crippen molar-refractivity contribution in [2.45, 2.75) is 20.0 Å². The van der Waals surface area contributed by atoms with Gasteiger partial charge in [-0.05, 0) is 38.1 Å². The maximum atomic E-state index is 11.5. The quantitative estimate of drug-likeness (QED) is 0.678. The van der Waals surface area contributed by atoms with Crippen molar-refractivity contribution < 1.29 is 14.3 Å². The number of hydrazine groups is 1. The first-order valence-corrected chi connectivity index (χ1v) is 5.11. The van der Waals surface area contributed by atoms with Crippen molar-refractivity contribution in [2.24, 2.45) is 5.73 Å². The van der Waals surface area contributed by atoms with E-state index in [1.54, 1.807) is 24.3 Å². The maximum absolute atomic E-state index is 11.5. The summed E-state index contributed by atoms with van der Waals surface area (Å²) in [6.45, 7) is 3.83. The van der Waals surface area contributed by atoms with Crippen LogP contribution in [0.3, 0.4) is 0 Å². The van der Waals surface area contributed by atoms with Crippen molar-refractivity contribution in [2.75, 3.05) is 0 Å². The first kappa shape index (κ1) is 12.8. The third-order valence-electron chi connectivity index (χ3n) is 1.79. The van der Waals surface area contributed by atoms with Gasteiger partial charge in [0.05, 0.1) is 6.10 Å². The second-order valence-corrected chi connectivity index (χ2v) is 3.63. The molecule has 6 nitrogen and oxygen atoms in total. The van der Waals surface area contributed by atoms with Gasteiger partial charge in [0, 0.05) is 5.56 Å². The average molecular weight is 237 g/mol. The van der Waals surface area contributed by atoms with Crippen molar-refractivity contribution in [3.8, 4) is 5.75 Å². The Balaban J connectivity index is 2.60. The normalized spacial score (nSPS) is 9.82. The summed E-state index contributed by atoms with van der Waals surface area (Å²) in [5.74, 6) is 0.235. The Morgan fingerprint density at radius 1 is 1.18 bits per heavy atom. The molecule has 0 spiro atoms. The van der Waals surface area contributed by atoms with E-state index in [-0.39, 0.29) is 6.10 Å². The minimum atomic E-state index is -0.821. The first-order chi connectivity index (χ1) is 7.99. The van der Waals surface area contributed by atoms with Crippen LogP contribution in [0, 0.1) is 0 Å². The van der Waals surface area contributed by atoms with Gasteiger partial charge in [0.1, 0.15) is 5.75 Å². The van der Waals surface area contributed by atoms with E-state index in [2.05, 4.69) is 5.43 Å². The number of carbonyl (C=O) groups excluding carboxylic acids is 2. The highest BCUT2D eigenvalue weighted by molar-refractivity contribution is 5.95. The third kappa shape index (κ3) is 4.42. The number of nitrogens with two attached hydrogens (primary N) is 1. The molecule has 0 radical (unpaired) electrons. The lowest BCUT2D eigenvalue weighted by atomic mass is 10.2. The summed E-state index contributed by atoms with van der Waals surface area (Å²) < 4.78 is 5.43. The maximum Gasteiger partial charge on any atom is 0.330 e. The van der Waals surface area contributed by atoms with Crippen LogP contribution in [-0.4, -0.2) is 18.0 Å². The topological polar surface area (TPSA) is 93.4 Å². The van der Waals surface area contributed by atoms with E-state index in [1.165, 1.54) is 0 Å². The van der Waals surface area contributed by atoms with Crippen molar-refractivity contribution >= 4 is 11.9 Å². The second-order valence-electron chi connectivity index (χ2n) is 3.63. The van der Waals surface area contributed by atoms with Crippen molar-refractivity contribution in [1.82, 2.24) is 10.9 Å². The molecule has 0 heterocycles. The lowest BCUT2D eigenvalue weighted by molar-refractivity contribution is 0.0937. The Bertz CT molecular complexity index is 401. The van der Waals surface area contributed by atoms with Crippen LogP contribution in [0.5, 0.6) is 5.75 Å². The van der Waals surface area contributed by atoms with Gasteiger partial charge in [-0.1, -0.05) is 0 Å². The van der Waals surface area contributed by atoms with E-state index in [4.69, 9.17) is 10.5 Å². The second kappa shape index (κ2) is 5.74. The van der Waals surface area contributed by atoms with Gasteiger partial charge in [0.25, 0.3) is 5.91 Å². The van der Waals surface area contributed by atoms with Crippen LogP contribution in [0.4, 0.5) is 4.79 Å². The summed E-state index contributed by atoms with van der Waals surface area (Å²) >= 11 is 0. The summed E-state index contributed by atoms with van der Waals surface area (Å²) in [4.78, 5) is 21.8. The van der Waals surface area contributed by atoms with Crippen molar-refractivity contribution in [3.05, 3.63) is 29.8 Å². The molecule has 4 N–H and O–H groups in total. The highest BCUT2D eigenvalue weighted by atomic mass is 16.5. The van der Waals surface area contributed by atoms with Gasteiger partial charge in [-0.3, -0.25) is 10.2 Å². The Labute approximate surface area is 99.1 Å². The number of primary amides is 1. The van der Waals surface area contributed by atoms with Gasteiger partial charge in [-0.25, -0.2) is 10.2 Å². The van der Waals surface area contributed by atoms with E-state index in [0.29, 0.717) is 11.3 Å². The highest BCUT2D eigenvalue weighted by Crippen LogP contribution is 2.13. The Morgan fingerprint density at radius 2 is 1.76 bits per heavy atom. The fraction of sp³-hybridized carbons (Fsp3) is 0.273. The van der Waals surface area contributed by atoms with E-state index >= 15 is 0 Å². The number of hydrogen-bond donors (Lipinski definition) is 3. The molecule has 1 rings (SSSR count). The van der Waals surface area contributed by atoms with Gasteiger partial charge in [0.2, 0.25) is 0 Å². The summed E-state index contributed by atoms with van der Waals surface area (Å²) in [6.07, 6.45) is 0.0752. The van der Waals surface area contributed by atoms with E-state index in [9.17, 15) is 9.59 Å². The van der Waals surface area contributed by atoms with Gasteiger partial charge >= 0.3 is 6.03 Å². The zero-order chi connectivity index (χ0) is 12.8. The van der Waals surface area contributed by atoms with Crippen LogP contribution in [0.15, 0.2) is 24.3 Å². The predicted molar refractivity (Wildman–Crippen MR) is 62.4 cm³/mol. The molecule has 0 saturated heterocycles. The molecular weight excluding hydrogens is 222 g/mol. The van der Waals surface area contributed by atoms with Crippen LogP contribution in [-0.2, 0) is 0 Å². The molecule has 0 fully saturated rings. The first-order valence-electron chi connectivity index (χ1n) is 5.11. The van der Waals surface area contributed by atoms with E-state index in [1.807, 2.05) is 19.3 Å². The summed E-state index contributed by atoms with van der Waals surface area (Å²) in [5.41, 5.74) is 9.36. The van der Waals surface area contributed by atoms with Gasteiger partial charge < -0.3 is 10.5 Å². The molecule has 0 atom stereocenters. The molecular formula is C11H15N3O3. The smallest absolute Gasteiger partial charge is 0.330 e. The van der Waals surface area contributed by atoms with E-state index in [0.717, 1.165) is 0 Å². The molecule has 0 aliphatic carbocycles. The zero-order valence-corrected chi connectivity index (χ0v) is 9.69. The van der Waals surface area contributed by atoms with Gasteiger partial charge in [-0.2, -0.15) is 0 Å². The fourth-order valence-electron chi connectivity index (χ4n) is 1.15. The standard InChI is InChI=1S/C11H15N3O3/c1-7(2)17-9-5-3-8(4-6-9)10(15)13-14-11(12)16/h3-7H,1-2H3,(H,13,15)(H3,12,14,16). The largest absolute Gasteiger partial charge is 0.491 e. The predicted octanol–water partition coefficient (Wildman–Crippen LogP) is 0.787. The molecule has 1 aromatic carbocycles. The highest BCUT2D eigenvalue weighted by Gasteiger charge is 2.06. The molecule has 3 amide bonds.